The third-order valence-electron chi connectivity index (χ3n) is 5.95. The number of rotatable bonds is 6. The monoisotopic (exact) mass is 490 g/mol. The zero-order valence-electron chi connectivity index (χ0n) is 19.6. The van der Waals surface area contributed by atoms with E-state index >= 15 is 0 Å². The molecule has 1 saturated heterocycles. The molecule has 1 aliphatic heterocycles. The second-order valence-corrected chi connectivity index (χ2v) is 10.5. The molecular weight excluding hydrogens is 464 g/mol. The van der Waals surface area contributed by atoms with Gasteiger partial charge in [0.2, 0.25) is 15.9 Å². The van der Waals surface area contributed by atoms with Crippen molar-refractivity contribution in [2.75, 3.05) is 18.4 Å². The summed E-state index contributed by atoms with van der Waals surface area (Å²) in [5, 5.41) is 15.8. The average Bonchev–Trinajstić information content (AvgIpc) is 3.25. The number of nitrogens with zero attached hydrogens (tertiary/aromatic N) is 3. The molecule has 8 nitrogen and oxygen atoms in total. The lowest BCUT2D eigenvalue weighted by atomic mass is 9.98. The number of amides is 1. The van der Waals surface area contributed by atoms with Crippen LogP contribution in [-0.2, 0) is 14.8 Å². The molecule has 1 N–H and O–H groups in total. The first-order valence-corrected chi connectivity index (χ1v) is 12.7. The maximum Gasteiger partial charge on any atom is 0.248 e. The number of carbonyl (C=O) groups is 1. The first kappa shape index (κ1) is 24.4. The van der Waals surface area contributed by atoms with Crippen LogP contribution in [0.5, 0.6) is 0 Å². The van der Waals surface area contributed by atoms with E-state index in [1.807, 2.05) is 37.3 Å². The molecule has 0 bridgehead atoms. The molecule has 0 unspecified atom stereocenters. The smallest absolute Gasteiger partial charge is 0.248 e. The molecule has 9 heteroatoms. The van der Waals surface area contributed by atoms with Gasteiger partial charge in [0.15, 0.2) is 10.7 Å². The van der Waals surface area contributed by atoms with Crippen molar-refractivity contribution in [2.24, 2.45) is 5.92 Å². The van der Waals surface area contributed by atoms with Crippen LogP contribution in [0.2, 0.25) is 0 Å². The van der Waals surface area contributed by atoms with Gasteiger partial charge in [0.25, 0.3) is 0 Å². The highest BCUT2D eigenvalue weighted by Gasteiger charge is 2.37. The molecule has 2 aromatic carbocycles. The molecule has 0 aliphatic carbocycles. The van der Waals surface area contributed by atoms with Gasteiger partial charge in [-0.15, -0.1) is 0 Å². The maximum absolute atomic E-state index is 13.6. The van der Waals surface area contributed by atoms with Crippen LogP contribution in [0.4, 0.5) is 5.69 Å². The minimum Gasteiger partial charge on any atom is -0.355 e. The van der Waals surface area contributed by atoms with Crippen LogP contribution in [-0.4, -0.2) is 36.9 Å². The molecule has 1 aromatic heterocycles. The molecule has 1 amide bonds. The van der Waals surface area contributed by atoms with E-state index in [4.69, 9.17) is 9.78 Å². The lowest BCUT2D eigenvalue weighted by Crippen LogP contribution is -2.43. The zero-order valence-corrected chi connectivity index (χ0v) is 20.4. The van der Waals surface area contributed by atoms with Gasteiger partial charge in [-0.1, -0.05) is 47.1 Å². The van der Waals surface area contributed by atoms with Crippen LogP contribution in [0.3, 0.4) is 0 Å². The standard InChI is InChI=1S/C26H26N4O4S/c1-18-8-10-20(11-9-18)12-13-24-25(19(2)29-34-24)35(32,33)30-14-4-6-22(17-30)26(31)28-23-7-3-5-21(15-23)16-27/h3,5,7-13,15,22H,4,6,14,17H2,1-2H3,(H,28,31)/b13-12+/t22-/m0/s1. The van der Waals surface area contributed by atoms with Gasteiger partial charge < -0.3 is 9.84 Å². The van der Waals surface area contributed by atoms with Crippen LogP contribution in [0.1, 0.15) is 41.0 Å². The molecule has 1 fully saturated rings. The van der Waals surface area contributed by atoms with Crippen LogP contribution in [0.25, 0.3) is 12.2 Å². The highest BCUT2D eigenvalue weighted by atomic mass is 32.2. The van der Waals surface area contributed by atoms with Crippen molar-refractivity contribution in [3.05, 3.63) is 76.7 Å². The summed E-state index contributed by atoms with van der Waals surface area (Å²) in [7, 11) is -3.94. The third kappa shape index (κ3) is 5.50. The Morgan fingerprint density at radius 2 is 1.97 bits per heavy atom. The van der Waals surface area contributed by atoms with Gasteiger partial charge in [-0.25, -0.2) is 8.42 Å². The van der Waals surface area contributed by atoms with Crippen molar-refractivity contribution in [2.45, 2.75) is 31.6 Å². The van der Waals surface area contributed by atoms with Gasteiger partial charge in [-0.2, -0.15) is 9.57 Å². The highest BCUT2D eigenvalue weighted by Crippen LogP contribution is 2.30. The number of aryl methyl sites for hydroxylation is 2. The van der Waals surface area contributed by atoms with Gasteiger partial charge in [-0.05, 0) is 56.5 Å². The summed E-state index contributed by atoms with van der Waals surface area (Å²) in [4.78, 5) is 12.9. The molecule has 0 saturated carbocycles. The summed E-state index contributed by atoms with van der Waals surface area (Å²) in [6, 6.07) is 16.5. The molecule has 1 aliphatic rings. The van der Waals surface area contributed by atoms with Crippen molar-refractivity contribution in [3.8, 4) is 6.07 Å². The van der Waals surface area contributed by atoms with Crippen molar-refractivity contribution < 1.29 is 17.7 Å². The third-order valence-corrected chi connectivity index (χ3v) is 7.97. The van der Waals surface area contributed by atoms with Crippen molar-refractivity contribution >= 4 is 33.8 Å². The Morgan fingerprint density at radius 3 is 2.71 bits per heavy atom. The number of benzene rings is 2. The Morgan fingerprint density at radius 1 is 1.20 bits per heavy atom. The van der Waals surface area contributed by atoms with E-state index in [-0.39, 0.29) is 28.8 Å². The Hall–Kier alpha value is -3.74. The Bertz CT molecular complexity index is 1400. The zero-order chi connectivity index (χ0) is 25.0. The van der Waals surface area contributed by atoms with E-state index in [9.17, 15) is 13.2 Å². The number of nitrogens with one attached hydrogen (secondary N) is 1. The summed E-state index contributed by atoms with van der Waals surface area (Å²) in [6.07, 6.45) is 4.50. The Labute approximate surface area is 204 Å². The number of carbonyl (C=O) groups excluding carboxylic acids is 1. The van der Waals surface area contributed by atoms with Crippen LogP contribution >= 0.6 is 0 Å². The lowest BCUT2D eigenvalue weighted by Gasteiger charge is -2.31. The minimum absolute atomic E-state index is 0.0173. The van der Waals surface area contributed by atoms with E-state index in [1.165, 1.54) is 4.31 Å². The number of aromatic nitrogens is 1. The second kappa shape index (κ2) is 10.3. The number of hydrogen-bond acceptors (Lipinski definition) is 6. The van der Waals surface area contributed by atoms with Gasteiger partial charge in [0.1, 0.15) is 5.69 Å². The van der Waals surface area contributed by atoms with Crippen molar-refractivity contribution in [1.82, 2.24) is 9.46 Å². The summed E-state index contributed by atoms with van der Waals surface area (Å²) in [6.45, 7) is 3.95. The predicted molar refractivity (Wildman–Crippen MR) is 133 cm³/mol. The first-order chi connectivity index (χ1) is 16.8. The summed E-state index contributed by atoms with van der Waals surface area (Å²) < 4.78 is 33.8. The van der Waals surface area contributed by atoms with Crippen LogP contribution in [0, 0.1) is 31.1 Å². The van der Waals surface area contributed by atoms with E-state index in [0.717, 1.165) is 11.1 Å². The molecule has 35 heavy (non-hydrogen) atoms. The van der Waals surface area contributed by atoms with E-state index in [0.29, 0.717) is 30.6 Å². The molecule has 0 radical (unpaired) electrons. The fraction of sp³-hybridized carbons (Fsp3) is 0.269. The SMILES string of the molecule is Cc1ccc(/C=C/c2onc(C)c2S(=O)(=O)N2CCC[C@H](C(=O)Nc3cccc(C#N)c3)C2)cc1. The molecular formula is C26H26N4O4S. The highest BCUT2D eigenvalue weighted by molar-refractivity contribution is 7.89. The number of nitriles is 1. The number of anilines is 1. The number of hydrogen-bond donors (Lipinski definition) is 1. The fourth-order valence-corrected chi connectivity index (χ4v) is 5.84. The number of sulfonamides is 1. The summed E-state index contributed by atoms with van der Waals surface area (Å²) in [5.74, 6) is -0.638. The Kier molecular flexibility index (Phi) is 7.15. The van der Waals surface area contributed by atoms with Crippen LogP contribution < -0.4 is 5.32 Å². The summed E-state index contributed by atoms with van der Waals surface area (Å²) >= 11 is 0. The number of piperidine rings is 1. The normalized spacial score (nSPS) is 16.8. The average molecular weight is 491 g/mol. The Balaban J connectivity index is 1.52. The maximum atomic E-state index is 13.6. The quantitative estimate of drug-likeness (QED) is 0.548. The van der Waals surface area contributed by atoms with E-state index in [2.05, 4.69) is 10.5 Å². The van der Waals surface area contributed by atoms with Crippen molar-refractivity contribution in [3.63, 3.8) is 0 Å². The molecule has 1 atom stereocenters. The minimum atomic E-state index is -3.94. The summed E-state index contributed by atoms with van der Waals surface area (Å²) in [5.41, 5.74) is 3.25. The van der Waals surface area contributed by atoms with Gasteiger partial charge >= 0.3 is 0 Å². The topological polar surface area (TPSA) is 116 Å². The molecule has 3 aromatic rings. The van der Waals surface area contributed by atoms with E-state index < -0.39 is 15.9 Å². The lowest BCUT2D eigenvalue weighted by molar-refractivity contribution is -0.120. The van der Waals surface area contributed by atoms with Gasteiger partial charge in [0, 0.05) is 18.8 Å². The van der Waals surface area contributed by atoms with Gasteiger partial charge in [-0.3, -0.25) is 4.79 Å². The fourth-order valence-electron chi connectivity index (χ4n) is 4.06. The molecule has 0 spiro atoms. The van der Waals surface area contributed by atoms with Crippen molar-refractivity contribution in [1.29, 1.82) is 5.26 Å². The van der Waals surface area contributed by atoms with Gasteiger partial charge in [0.05, 0.1) is 17.6 Å². The molecule has 2 heterocycles. The molecule has 4 rings (SSSR count). The predicted octanol–water partition coefficient (Wildman–Crippen LogP) is 4.37. The second-order valence-electron chi connectivity index (χ2n) is 8.59. The van der Waals surface area contributed by atoms with E-state index in [1.54, 1.807) is 43.3 Å². The molecule has 180 valence electrons. The van der Waals surface area contributed by atoms with Crippen LogP contribution in [0.15, 0.2) is 57.9 Å². The largest absolute Gasteiger partial charge is 0.355 e. The first-order valence-electron chi connectivity index (χ1n) is 11.3.